The summed E-state index contributed by atoms with van der Waals surface area (Å²) in [5, 5.41) is 15.5. The van der Waals surface area contributed by atoms with Gasteiger partial charge >= 0.3 is 5.69 Å². The fourth-order valence-electron chi connectivity index (χ4n) is 1.71. The van der Waals surface area contributed by atoms with Crippen LogP contribution < -0.4 is 5.69 Å². The molecule has 0 aliphatic rings. The van der Waals surface area contributed by atoms with Crippen molar-refractivity contribution >= 4 is 11.8 Å². The van der Waals surface area contributed by atoms with E-state index in [1.54, 1.807) is 12.1 Å². The number of aromatic amines is 1. The molecule has 1 N–H and O–H groups in total. The average Bonchev–Trinajstić information content (AvgIpc) is 2.79. The summed E-state index contributed by atoms with van der Waals surface area (Å²) in [6, 6.07) is 6.25. The number of aromatic nitrogens is 3. The Hall–Kier alpha value is -2.07. The van der Waals surface area contributed by atoms with Crippen LogP contribution in [-0.2, 0) is 12.3 Å². The highest BCUT2D eigenvalue weighted by Crippen LogP contribution is 2.22. The summed E-state index contributed by atoms with van der Waals surface area (Å²) in [6.07, 6.45) is 0.818. The Morgan fingerprint density at radius 2 is 2.35 bits per heavy atom. The molecule has 2 aromatic rings. The van der Waals surface area contributed by atoms with Gasteiger partial charge in [-0.15, -0.1) is 5.10 Å². The maximum Gasteiger partial charge on any atom is 0.343 e. The number of H-pyrrole nitrogens is 1. The zero-order chi connectivity index (χ0) is 14.5. The summed E-state index contributed by atoms with van der Waals surface area (Å²) < 4.78 is 15.3. The van der Waals surface area contributed by atoms with Crippen LogP contribution >= 0.6 is 11.8 Å². The Morgan fingerprint density at radius 3 is 3.00 bits per heavy atom. The molecule has 0 fully saturated rings. The van der Waals surface area contributed by atoms with Gasteiger partial charge in [0.1, 0.15) is 5.82 Å². The molecule has 7 heteroatoms. The van der Waals surface area contributed by atoms with Crippen molar-refractivity contribution in [3.8, 4) is 6.07 Å². The van der Waals surface area contributed by atoms with Gasteiger partial charge in [0.05, 0.1) is 11.6 Å². The van der Waals surface area contributed by atoms with Crippen molar-refractivity contribution in [3.05, 3.63) is 45.6 Å². The second kappa shape index (κ2) is 6.39. The molecule has 1 heterocycles. The monoisotopic (exact) mass is 292 g/mol. The first-order chi connectivity index (χ1) is 9.65. The van der Waals surface area contributed by atoms with Crippen LogP contribution in [0.1, 0.15) is 24.5 Å². The maximum atomic E-state index is 13.7. The quantitative estimate of drug-likeness (QED) is 0.858. The summed E-state index contributed by atoms with van der Waals surface area (Å²) in [6.45, 7) is 2.54. The summed E-state index contributed by atoms with van der Waals surface area (Å²) in [5.41, 5.74) is 0.515. The zero-order valence-corrected chi connectivity index (χ0v) is 11.7. The van der Waals surface area contributed by atoms with Crippen LogP contribution in [0, 0.1) is 17.1 Å². The lowest BCUT2D eigenvalue weighted by Gasteiger charge is -2.05. The highest BCUT2D eigenvalue weighted by Gasteiger charge is 2.10. The zero-order valence-electron chi connectivity index (χ0n) is 10.9. The molecule has 0 aliphatic heterocycles. The van der Waals surface area contributed by atoms with Crippen LogP contribution in [0.15, 0.2) is 28.2 Å². The molecule has 0 aliphatic carbocycles. The Bertz CT molecular complexity index is 701. The second-order valence-corrected chi connectivity index (χ2v) is 5.11. The second-order valence-electron chi connectivity index (χ2n) is 4.17. The van der Waals surface area contributed by atoms with Crippen LogP contribution in [0.25, 0.3) is 0 Å². The third-order valence-corrected chi connectivity index (χ3v) is 3.73. The van der Waals surface area contributed by atoms with Crippen molar-refractivity contribution in [1.82, 2.24) is 14.8 Å². The fraction of sp³-hybridized carbons (Fsp3) is 0.308. The molecule has 0 saturated heterocycles. The molecule has 0 radical (unpaired) electrons. The average molecular weight is 292 g/mol. The van der Waals surface area contributed by atoms with Gasteiger partial charge in [-0.2, -0.15) is 5.26 Å². The van der Waals surface area contributed by atoms with Gasteiger partial charge in [-0.3, -0.25) is 4.57 Å². The third-order valence-electron chi connectivity index (χ3n) is 2.71. The predicted octanol–water partition coefficient (Wildman–Crippen LogP) is 2.28. The van der Waals surface area contributed by atoms with E-state index >= 15 is 0 Å². The normalized spacial score (nSPS) is 10.4. The highest BCUT2D eigenvalue weighted by atomic mass is 32.2. The molecule has 1 aromatic carbocycles. The first kappa shape index (κ1) is 14.3. The number of nitrogens with one attached hydrogen (secondary N) is 1. The molecule has 20 heavy (non-hydrogen) atoms. The smallest absolute Gasteiger partial charge is 0.270 e. The van der Waals surface area contributed by atoms with Crippen molar-refractivity contribution in [3.63, 3.8) is 0 Å². The molecule has 0 bridgehead atoms. The van der Waals surface area contributed by atoms with Crippen molar-refractivity contribution < 1.29 is 4.39 Å². The number of rotatable bonds is 5. The van der Waals surface area contributed by atoms with Crippen LogP contribution in [-0.4, -0.2) is 14.8 Å². The van der Waals surface area contributed by atoms with E-state index in [0.29, 0.717) is 28.6 Å². The van der Waals surface area contributed by atoms with E-state index in [4.69, 9.17) is 5.26 Å². The number of thioether (sulfide) groups is 1. The predicted molar refractivity (Wildman–Crippen MR) is 73.8 cm³/mol. The molecular formula is C13H13FN4OS. The number of benzene rings is 1. The minimum absolute atomic E-state index is 0.255. The van der Waals surface area contributed by atoms with Gasteiger partial charge in [0, 0.05) is 12.3 Å². The lowest BCUT2D eigenvalue weighted by Crippen LogP contribution is -2.17. The van der Waals surface area contributed by atoms with Crippen molar-refractivity contribution in [2.24, 2.45) is 0 Å². The lowest BCUT2D eigenvalue weighted by atomic mass is 10.1. The molecule has 0 saturated carbocycles. The Morgan fingerprint density at radius 1 is 1.55 bits per heavy atom. The van der Waals surface area contributed by atoms with E-state index in [1.807, 2.05) is 13.0 Å². The minimum Gasteiger partial charge on any atom is -0.270 e. The topological polar surface area (TPSA) is 74.5 Å². The van der Waals surface area contributed by atoms with E-state index in [9.17, 15) is 9.18 Å². The molecule has 1 aromatic heterocycles. The first-order valence-electron chi connectivity index (χ1n) is 6.12. The van der Waals surface area contributed by atoms with Crippen molar-refractivity contribution in [2.75, 3.05) is 0 Å². The molecule has 2 rings (SSSR count). The van der Waals surface area contributed by atoms with E-state index in [-0.39, 0.29) is 5.69 Å². The largest absolute Gasteiger partial charge is 0.343 e. The molecule has 0 atom stereocenters. The molecule has 0 unspecified atom stereocenters. The van der Waals surface area contributed by atoms with Gasteiger partial charge in [-0.1, -0.05) is 24.8 Å². The summed E-state index contributed by atoms with van der Waals surface area (Å²) >= 11 is 1.29. The van der Waals surface area contributed by atoms with Gasteiger partial charge in [0.15, 0.2) is 5.16 Å². The van der Waals surface area contributed by atoms with E-state index in [0.717, 1.165) is 6.42 Å². The lowest BCUT2D eigenvalue weighted by molar-refractivity contribution is 0.602. The molecule has 5 nitrogen and oxygen atoms in total. The van der Waals surface area contributed by atoms with Gasteiger partial charge in [0.25, 0.3) is 0 Å². The van der Waals surface area contributed by atoms with Crippen LogP contribution in [0.4, 0.5) is 4.39 Å². The van der Waals surface area contributed by atoms with Crippen LogP contribution in [0.5, 0.6) is 0 Å². The SMILES string of the molecule is CCCn1c(SCc2ccc(C#N)cc2F)n[nH]c1=O. The van der Waals surface area contributed by atoms with Crippen LogP contribution in [0.3, 0.4) is 0 Å². The van der Waals surface area contributed by atoms with E-state index < -0.39 is 5.82 Å². The van der Waals surface area contributed by atoms with Gasteiger partial charge < -0.3 is 0 Å². The van der Waals surface area contributed by atoms with E-state index in [2.05, 4.69) is 10.2 Å². The Labute approximate surface area is 119 Å². The third kappa shape index (κ3) is 3.08. The fourth-order valence-corrected chi connectivity index (χ4v) is 2.67. The van der Waals surface area contributed by atoms with Gasteiger partial charge in [0.2, 0.25) is 0 Å². The molecule has 104 valence electrons. The number of nitrogens with zero attached hydrogens (tertiary/aromatic N) is 3. The standard InChI is InChI=1S/C13H13FN4OS/c1-2-5-18-12(19)16-17-13(18)20-8-10-4-3-9(7-15)6-11(10)14/h3-4,6H,2,5,8H2,1H3,(H,16,19). The van der Waals surface area contributed by atoms with E-state index in [1.165, 1.54) is 22.4 Å². The molecular weight excluding hydrogens is 279 g/mol. The minimum atomic E-state index is -0.420. The number of halogens is 1. The number of hydrogen-bond donors (Lipinski definition) is 1. The number of nitriles is 1. The molecule has 0 amide bonds. The maximum absolute atomic E-state index is 13.7. The summed E-state index contributed by atoms with van der Waals surface area (Å²) in [7, 11) is 0. The van der Waals surface area contributed by atoms with Gasteiger partial charge in [-0.05, 0) is 24.1 Å². The Kier molecular flexibility index (Phi) is 4.58. The van der Waals surface area contributed by atoms with Crippen molar-refractivity contribution in [1.29, 1.82) is 5.26 Å². The summed E-state index contributed by atoms with van der Waals surface area (Å²) in [4.78, 5) is 11.5. The summed E-state index contributed by atoms with van der Waals surface area (Å²) in [5.74, 6) is -0.0672. The molecule has 0 spiro atoms. The Balaban J connectivity index is 2.13. The van der Waals surface area contributed by atoms with Crippen molar-refractivity contribution in [2.45, 2.75) is 30.8 Å². The van der Waals surface area contributed by atoms with Gasteiger partial charge in [-0.25, -0.2) is 14.3 Å². The first-order valence-corrected chi connectivity index (χ1v) is 7.10. The highest BCUT2D eigenvalue weighted by molar-refractivity contribution is 7.98. The van der Waals surface area contributed by atoms with Crippen LogP contribution in [0.2, 0.25) is 0 Å². The number of hydrogen-bond acceptors (Lipinski definition) is 4.